The first-order valence-corrected chi connectivity index (χ1v) is 6.01. The van der Waals surface area contributed by atoms with Gasteiger partial charge in [-0.2, -0.15) is 0 Å². The van der Waals surface area contributed by atoms with Crippen LogP contribution in [0.3, 0.4) is 0 Å². The molecule has 0 unspecified atom stereocenters. The van der Waals surface area contributed by atoms with Crippen LogP contribution in [-0.4, -0.2) is 51.6 Å². The summed E-state index contributed by atoms with van der Waals surface area (Å²) in [6, 6.07) is 0.0168. The summed E-state index contributed by atoms with van der Waals surface area (Å²) in [6.07, 6.45) is 0.575. The molecule has 0 spiro atoms. The van der Waals surface area contributed by atoms with Gasteiger partial charge in [-0.05, 0) is 33.6 Å². The highest BCUT2D eigenvalue weighted by molar-refractivity contribution is 5.73. The minimum Gasteiger partial charge on any atom is -0.465 e. The van der Waals surface area contributed by atoms with E-state index < -0.39 is 11.6 Å². The third-order valence-corrected chi connectivity index (χ3v) is 3.20. The lowest BCUT2D eigenvalue weighted by Crippen LogP contribution is -2.55. The number of piperidine rings is 1. The Labute approximate surface area is 102 Å². The maximum absolute atomic E-state index is 11.3. The average Bonchev–Trinajstić information content (AvgIpc) is 2.15. The van der Waals surface area contributed by atoms with Gasteiger partial charge in [0.2, 0.25) is 5.91 Å². The zero-order valence-corrected chi connectivity index (χ0v) is 11.1. The number of hydrogen-bond acceptors (Lipinski definition) is 2. The lowest BCUT2D eigenvalue weighted by atomic mass is 9.97. The van der Waals surface area contributed by atoms with Crippen LogP contribution in [0.25, 0.3) is 0 Å². The Morgan fingerprint density at radius 1 is 1.24 bits per heavy atom. The number of likely N-dealkylation sites (tertiary alicyclic amines) is 1. The smallest absolute Gasteiger partial charge is 0.407 e. The van der Waals surface area contributed by atoms with Crippen molar-refractivity contribution in [3.05, 3.63) is 0 Å². The fraction of sp³-hybridized carbons (Fsp3) is 0.833. The van der Waals surface area contributed by atoms with Gasteiger partial charge in [-0.1, -0.05) is 0 Å². The summed E-state index contributed by atoms with van der Waals surface area (Å²) in [5.74, 6) is 0.0704. The number of amides is 2. The molecule has 0 aromatic carbocycles. The van der Waals surface area contributed by atoms with Crippen LogP contribution in [0.5, 0.6) is 0 Å². The average molecular weight is 242 g/mol. The van der Waals surface area contributed by atoms with Crippen LogP contribution in [-0.2, 0) is 4.79 Å². The van der Waals surface area contributed by atoms with Gasteiger partial charge in [0.05, 0.1) is 0 Å². The predicted molar refractivity (Wildman–Crippen MR) is 64.9 cm³/mol. The van der Waals surface area contributed by atoms with Crippen molar-refractivity contribution in [2.45, 2.75) is 52.1 Å². The van der Waals surface area contributed by atoms with Crippen molar-refractivity contribution in [1.29, 1.82) is 0 Å². The molecule has 1 fully saturated rings. The van der Waals surface area contributed by atoms with E-state index in [4.69, 9.17) is 0 Å². The van der Waals surface area contributed by atoms with Crippen LogP contribution in [0.15, 0.2) is 0 Å². The zero-order chi connectivity index (χ0) is 13.2. The highest BCUT2D eigenvalue weighted by Gasteiger charge is 2.35. The molecule has 1 N–H and O–H groups in total. The molecule has 0 aromatic rings. The summed E-state index contributed by atoms with van der Waals surface area (Å²) in [7, 11) is 0. The van der Waals surface area contributed by atoms with Crippen molar-refractivity contribution in [1.82, 2.24) is 9.80 Å². The molecule has 1 heterocycles. The molecule has 17 heavy (non-hydrogen) atoms. The van der Waals surface area contributed by atoms with E-state index in [1.807, 2.05) is 20.8 Å². The molecule has 0 bridgehead atoms. The van der Waals surface area contributed by atoms with E-state index in [0.29, 0.717) is 13.1 Å². The Morgan fingerprint density at radius 3 is 2.00 bits per heavy atom. The highest BCUT2D eigenvalue weighted by Crippen LogP contribution is 2.24. The number of hydrogen-bond donors (Lipinski definition) is 1. The molecule has 0 atom stereocenters. The molecule has 98 valence electrons. The first kappa shape index (κ1) is 13.8. The predicted octanol–water partition coefficient (Wildman–Crippen LogP) is 1.78. The first-order valence-electron chi connectivity index (χ1n) is 6.01. The highest BCUT2D eigenvalue weighted by atomic mass is 16.4. The van der Waals surface area contributed by atoms with Crippen LogP contribution in [0.2, 0.25) is 0 Å². The minimum absolute atomic E-state index is 0.0168. The zero-order valence-electron chi connectivity index (χ0n) is 11.1. The van der Waals surface area contributed by atoms with Gasteiger partial charge < -0.3 is 14.9 Å². The molecule has 0 saturated carbocycles. The van der Waals surface area contributed by atoms with E-state index >= 15 is 0 Å². The second-order valence-electron chi connectivity index (χ2n) is 5.56. The molecule has 0 aliphatic carbocycles. The Hall–Kier alpha value is -1.26. The molecule has 1 rings (SSSR count). The van der Waals surface area contributed by atoms with Gasteiger partial charge in [0, 0.05) is 31.6 Å². The fourth-order valence-corrected chi connectivity index (χ4v) is 2.43. The van der Waals surface area contributed by atoms with Gasteiger partial charge >= 0.3 is 6.09 Å². The Morgan fingerprint density at radius 2 is 1.71 bits per heavy atom. The second-order valence-corrected chi connectivity index (χ2v) is 5.56. The maximum atomic E-state index is 11.3. The normalized spacial score (nSPS) is 18.0. The number of carbonyl (C=O) groups is 2. The van der Waals surface area contributed by atoms with Gasteiger partial charge in [0.1, 0.15) is 0 Å². The van der Waals surface area contributed by atoms with Crippen molar-refractivity contribution in [2.75, 3.05) is 13.1 Å². The molecular weight excluding hydrogens is 220 g/mol. The molecule has 1 aliphatic heterocycles. The molecule has 2 amide bonds. The molecule has 0 aromatic heterocycles. The van der Waals surface area contributed by atoms with Crippen molar-refractivity contribution < 1.29 is 14.7 Å². The van der Waals surface area contributed by atoms with E-state index in [2.05, 4.69) is 0 Å². The number of carbonyl (C=O) groups excluding carboxylic acids is 1. The van der Waals surface area contributed by atoms with Crippen LogP contribution in [0.1, 0.15) is 40.5 Å². The lowest BCUT2D eigenvalue weighted by Gasteiger charge is -2.43. The Kier molecular flexibility index (Phi) is 4.01. The fourth-order valence-electron chi connectivity index (χ4n) is 2.43. The van der Waals surface area contributed by atoms with Gasteiger partial charge in [0.25, 0.3) is 0 Å². The van der Waals surface area contributed by atoms with Gasteiger partial charge in [-0.15, -0.1) is 0 Å². The van der Waals surface area contributed by atoms with E-state index in [9.17, 15) is 14.7 Å². The lowest BCUT2D eigenvalue weighted by molar-refractivity contribution is -0.130. The van der Waals surface area contributed by atoms with Crippen molar-refractivity contribution in [2.24, 2.45) is 0 Å². The van der Waals surface area contributed by atoms with Crippen molar-refractivity contribution in [3.63, 3.8) is 0 Å². The SMILES string of the molecule is CC(=O)N1CCC(N(C(=O)O)C(C)(C)C)CC1. The standard InChI is InChI=1S/C12H22N2O3/c1-9(15)13-7-5-10(6-8-13)14(11(16)17)12(2,3)4/h10H,5-8H2,1-4H3,(H,16,17). The van der Waals surface area contributed by atoms with Gasteiger partial charge in [0.15, 0.2) is 0 Å². The van der Waals surface area contributed by atoms with Crippen molar-refractivity contribution >= 4 is 12.0 Å². The summed E-state index contributed by atoms with van der Waals surface area (Å²) in [4.78, 5) is 25.8. The summed E-state index contributed by atoms with van der Waals surface area (Å²) in [5.41, 5.74) is -0.394. The monoisotopic (exact) mass is 242 g/mol. The number of carboxylic acid groups (broad SMARTS) is 1. The van der Waals surface area contributed by atoms with Crippen molar-refractivity contribution in [3.8, 4) is 0 Å². The third-order valence-electron chi connectivity index (χ3n) is 3.20. The van der Waals surface area contributed by atoms with E-state index in [1.165, 1.54) is 4.90 Å². The quantitative estimate of drug-likeness (QED) is 0.762. The third kappa shape index (κ3) is 3.35. The summed E-state index contributed by atoms with van der Waals surface area (Å²) in [5, 5.41) is 9.28. The molecule has 0 radical (unpaired) electrons. The van der Waals surface area contributed by atoms with Crippen LogP contribution in [0, 0.1) is 0 Å². The molecule has 5 nitrogen and oxygen atoms in total. The topological polar surface area (TPSA) is 60.9 Å². The number of nitrogens with zero attached hydrogens (tertiary/aromatic N) is 2. The van der Waals surface area contributed by atoms with E-state index in [-0.39, 0.29) is 11.9 Å². The Balaban J connectivity index is 2.68. The van der Waals surface area contributed by atoms with Gasteiger partial charge in [-0.3, -0.25) is 4.79 Å². The second kappa shape index (κ2) is 4.94. The van der Waals surface area contributed by atoms with E-state index in [0.717, 1.165) is 12.8 Å². The van der Waals surface area contributed by atoms with Crippen LogP contribution < -0.4 is 0 Å². The minimum atomic E-state index is -0.876. The molecular formula is C12H22N2O3. The summed E-state index contributed by atoms with van der Waals surface area (Å²) < 4.78 is 0. The number of rotatable bonds is 1. The molecule has 1 saturated heterocycles. The summed E-state index contributed by atoms with van der Waals surface area (Å²) in [6.45, 7) is 8.56. The molecule has 1 aliphatic rings. The van der Waals surface area contributed by atoms with Gasteiger partial charge in [-0.25, -0.2) is 4.79 Å². The maximum Gasteiger partial charge on any atom is 0.407 e. The van der Waals surface area contributed by atoms with E-state index in [1.54, 1.807) is 11.8 Å². The van der Waals surface area contributed by atoms with Crippen LogP contribution in [0.4, 0.5) is 4.79 Å². The first-order chi connectivity index (χ1) is 7.73. The largest absolute Gasteiger partial charge is 0.465 e. The van der Waals surface area contributed by atoms with Crippen LogP contribution >= 0.6 is 0 Å². The Bertz CT molecular complexity index is 301. The summed E-state index contributed by atoms with van der Waals surface area (Å²) >= 11 is 0. The molecule has 5 heteroatoms.